The first-order valence-electron chi connectivity index (χ1n) is 12.3. The molecule has 2 aromatic heterocycles. The van der Waals surface area contributed by atoms with Gasteiger partial charge in [-0.2, -0.15) is 0 Å². The van der Waals surface area contributed by atoms with Crippen molar-refractivity contribution < 1.29 is 23.7 Å². The number of benzene rings is 1. The first kappa shape index (κ1) is 22.7. The van der Waals surface area contributed by atoms with Crippen LogP contribution in [0, 0.1) is 0 Å². The van der Waals surface area contributed by atoms with Crippen LogP contribution in [0.15, 0.2) is 42.6 Å². The number of hydrogen-bond donors (Lipinski definition) is 1. The Morgan fingerprint density at radius 3 is 2.89 bits per heavy atom. The van der Waals surface area contributed by atoms with E-state index >= 15 is 0 Å². The molecule has 0 radical (unpaired) electrons. The van der Waals surface area contributed by atoms with Gasteiger partial charge in [0.1, 0.15) is 24.8 Å². The molecule has 1 aromatic carbocycles. The lowest BCUT2D eigenvalue weighted by Gasteiger charge is -2.35. The van der Waals surface area contributed by atoms with Gasteiger partial charge in [0.2, 0.25) is 5.88 Å². The lowest BCUT2D eigenvalue weighted by Crippen LogP contribution is -2.48. The van der Waals surface area contributed by atoms with Gasteiger partial charge in [-0.05, 0) is 37.1 Å². The molecule has 6 rings (SSSR count). The summed E-state index contributed by atoms with van der Waals surface area (Å²) in [7, 11) is 1.62. The number of nitrogens with zero attached hydrogens (tertiary/aromatic N) is 4. The number of rotatable bonds is 6. The van der Waals surface area contributed by atoms with Crippen molar-refractivity contribution in [3.05, 3.63) is 42.6 Å². The fourth-order valence-electron chi connectivity index (χ4n) is 5.06. The van der Waals surface area contributed by atoms with E-state index in [-0.39, 0.29) is 18.2 Å². The van der Waals surface area contributed by atoms with Gasteiger partial charge in [-0.15, -0.1) is 0 Å². The van der Waals surface area contributed by atoms with Crippen LogP contribution in [-0.4, -0.2) is 74.7 Å². The first-order chi connectivity index (χ1) is 17.7. The second-order valence-electron chi connectivity index (χ2n) is 9.19. The molecule has 10 nitrogen and oxygen atoms in total. The quantitative estimate of drug-likeness (QED) is 0.558. The number of anilines is 2. The third-order valence-electron chi connectivity index (χ3n) is 6.85. The SMILES string of the molecule is COc1ccc2nccc(N3CCCC(NCC4CN(c5ccc6c(c5)OCCO6)C(=O)O4)C3)c2n1. The van der Waals surface area contributed by atoms with Crippen molar-refractivity contribution in [2.75, 3.05) is 56.3 Å². The Bertz CT molecular complexity index is 1270. The molecule has 5 heterocycles. The molecule has 2 atom stereocenters. The number of hydrogen-bond acceptors (Lipinski definition) is 9. The molecular weight excluding hydrogens is 462 g/mol. The molecule has 188 valence electrons. The average Bonchev–Trinajstić information content (AvgIpc) is 3.31. The van der Waals surface area contributed by atoms with E-state index in [1.807, 2.05) is 42.6 Å². The largest absolute Gasteiger partial charge is 0.486 e. The summed E-state index contributed by atoms with van der Waals surface area (Å²) in [4.78, 5) is 25.7. The van der Waals surface area contributed by atoms with Crippen molar-refractivity contribution in [2.24, 2.45) is 0 Å². The molecule has 1 amide bonds. The second-order valence-corrected chi connectivity index (χ2v) is 9.19. The van der Waals surface area contributed by atoms with Gasteiger partial charge in [-0.25, -0.2) is 9.78 Å². The summed E-state index contributed by atoms with van der Waals surface area (Å²) in [5.41, 5.74) is 3.50. The predicted molar refractivity (Wildman–Crippen MR) is 134 cm³/mol. The third-order valence-corrected chi connectivity index (χ3v) is 6.85. The minimum absolute atomic E-state index is 0.228. The van der Waals surface area contributed by atoms with Gasteiger partial charge < -0.3 is 29.2 Å². The molecule has 2 saturated heterocycles. The summed E-state index contributed by atoms with van der Waals surface area (Å²) < 4.78 is 22.2. The zero-order valence-electron chi connectivity index (χ0n) is 20.2. The molecule has 3 aromatic rings. The molecule has 36 heavy (non-hydrogen) atoms. The van der Waals surface area contributed by atoms with Gasteiger partial charge in [0, 0.05) is 44.0 Å². The maximum Gasteiger partial charge on any atom is 0.414 e. The topological polar surface area (TPSA) is 98.3 Å². The van der Waals surface area contributed by atoms with Crippen LogP contribution in [0.3, 0.4) is 0 Å². The number of piperidine rings is 1. The van der Waals surface area contributed by atoms with Crippen LogP contribution in [0.5, 0.6) is 17.4 Å². The van der Waals surface area contributed by atoms with Crippen molar-refractivity contribution in [3.63, 3.8) is 0 Å². The summed E-state index contributed by atoms with van der Waals surface area (Å²) in [6.45, 7) is 3.91. The zero-order valence-corrected chi connectivity index (χ0v) is 20.2. The van der Waals surface area contributed by atoms with E-state index in [0.717, 1.165) is 48.3 Å². The van der Waals surface area contributed by atoms with Gasteiger partial charge >= 0.3 is 6.09 Å². The Hall–Kier alpha value is -3.79. The molecular formula is C26H29N5O5. The van der Waals surface area contributed by atoms with Gasteiger partial charge in [-0.1, -0.05) is 0 Å². The molecule has 1 N–H and O–H groups in total. The summed E-state index contributed by atoms with van der Waals surface area (Å²) in [5.74, 6) is 1.94. The molecule has 2 unspecified atom stereocenters. The minimum atomic E-state index is -0.341. The monoisotopic (exact) mass is 491 g/mol. The van der Waals surface area contributed by atoms with Crippen LogP contribution >= 0.6 is 0 Å². The van der Waals surface area contributed by atoms with Crippen molar-refractivity contribution in [1.82, 2.24) is 15.3 Å². The summed E-state index contributed by atoms with van der Waals surface area (Å²) >= 11 is 0. The molecule has 0 spiro atoms. The Kier molecular flexibility index (Phi) is 6.10. The van der Waals surface area contributed by atoms with E-state index < -0.39 is 0 Å². The van der Waals surface area contributed by atoms with Crippen molar-refractivity contribution in [3.8, 4) is 17.4 Å². The summed E-state index contributed by atoms with van der Waals surface area (Å²) in [6, 6.07) is 11.6. The van der Waals surface area contributed by atoms with Crippen LogP contribution in [0.2, 0.25) is 0 Å². The van der Waals surface area contributed by atoms with Gasteiger partial charge in [0.25, 0.3) is 0 Å². The van der Waals surface area contributed by atoms with Crippen molar-refractivity contribution >= 4 is 28.5 Å². The first-order valence-corrected chi connectivity index (χ1v) is 12.3. The van der Waals surface area contributed by atoms with E-state index in [0.29, 0.717) is 43.7 Å². The van der Waals surface area contributed by atoms with Gasteiger partial charge in [0.05, 0.1) is 30.5 Å². The number of amides is 1. The Morgan fingerprint density at radius 2 is 2.00 bits per heavy atom. The van der Waals surface area contributed by atoms with Crippen LogP contribution in [0.4, 0.5) is 16.2 Å². The summed E-state index contributed by atoms with van der Waals surface area (Å²) in [5, 5.41) is 3.63. The van der Waals surface area contributed by atoms with Crippen LogP contribution in [0.1, 0.15) is 12.8 Å². The van der Waals surface area contributed by atoms with Gasteiger partial charge in [-0.3, -0.25) is 9.88 Å². The second kappa shape index (κ2) is 9.69. The third kappa shape index (κ3) is 4.44. The average molecular weight is 492 g/mol. The normalized spacial score (nSPS) is 21.5. The predicted octanol–water partition coefficient (Wildman–Crippen LogP) is 2.99. The molecule has 0 saturated carbocycles. The molecule has 3 aliphatic heterocycles. The van der Waals surface area contributed by atoms with Crippen molar-refractivity contribution in [1.29, 1.82) is 0 Å². The van der Waals surface area contributed by atoms with Crippen LogP contribution in [-0.2, 0) is 4.74 Å². The number of carbonyl (C=O) groups is 1. The number of methoxy groups -OCH3 is 1. The highest BCUT2D eigenvalue weighted by Gasteiger charge is 2.34. The lowest BCUT2D eigenvalue weighted by atomic mass is 10.0. The number of pyridine rings is 2. The zero-order chi connectivity index (χ0) is 24.5. The highest BCUT2D eigenvalue weighted by atomic mass is 16.6. The lowest BCUT2D eigenvalue weighted by molar-refractivity contribution is 0.137. The number of aromatic nitrogens is 2. The number of ether oxygens (including phenoxy) is 4. The van der Waals surface area contributed by atoms with Crippen LogP contribution in [0.25, 0.3) is 11.0 Å². The number of fused-ring (bicyclic) bond motifs is 2. The molecule has 10 heteroatoms. The maximum absolute atomic E-state index is 12.6. The molecule has 0 bridgehead atoms. The van der Waals surface area contributed by atoms with E-state index in [1.165, 1.54) is 0 Å². The number of carbonyl (C=O) groups excluding carboxylic acids is 1. The Morgan fingerprint density at radius 1 is 1.11 bits per heavy atom. The molecule has 2 fully saturated rings. The van der Waals surface area contributed by atoms with Crippen LogP contribution < -0.4 is 29.3 Å². The number of nitrogens with one attached hydrogen (secondary N) is 1. The van der Waals surface area contributed by atoms with Gasteiger partial charge in [0.15, 0.2) is 11.5 Å². The van der Waals surface area contributed by atoms with E-state index in [9.17, 15) is 4.79 Å². The standard InChI is InChI=1S/C26H29N5O5/c1-33-24-7-5-20-25(29-24)21(8-9-27-20)30-10-2-3-17(15-30)28-14-19-16-31(26(32)36-19)18-4-6-22-23(13-18)35-12-11-34-22/h4-9,13,17,19,28H,2-3,10-12,14-16H2,1H3. The van der Waals surface area contributed by atoms with E-state index in [1.54, 1.807) is 12.0 Å². The highest BCUT2D eigenvalue weighted by Crippen LogP contribution is 2.35. The van der Waals surface area contributed by atoms with E-state index in [2.05, 4.69) is 20.2 Å². The highest BCUT2D eigenvalue weighted by molar-refractivity contribution is 5.90. The smallest absolute Gasteiger partial charge is 0.414 e. The Balaban J connectivity index is 1.09. The minimum Gasteiger partial charge on any atom is -0.486 e. The van der Waals surface area contributed by atoms with Crippen molar-refractivity contribution in [2.45, 2.75) is 25.0 Å². The maximum atomic E-state index is 12.6. The number of cyclic esters (lactones) is 1. The molecule has 3 aliphatic rings. The summed E-state index contributed by atoms with van der Waals surface area (Å²) in [6.07, 6.45) is 3.37. The van der Waals surface area contributed by atoms with E-state index in [4.69, 9.17) is 18.9 Å². The molecule has 0 aliphatic carbocycles. The fourth-order valence-corrected chi connectivity index (χ4v) is 5.06. The Labute approximate surface area is 209 Å². The fraction of sp³-hybridized carbons (Fsp3) is 0.423.